The predicted molar refractivity (Wildman–Crippen MR) is 98.7 cm³/mol. The zero-order valence-electron chi connectivity index (χ0n) is 14.5. The Bertz CT molecular complexity index is 748. The largest absolute Gasteiger partial charge is 0.490 e. The van der Waals surface area contributed by atoms with Crippen molar-refractivity contribution in [1.82, 2.24) is 0 Å². The molecule has 138 valence electrons. The molecule has 1 N–H and O–H groups in total. The van der Waals surface area contributed by atoms with E-state index in [1.165, 1.54) is 6.92 Å². The first-order chi connectivity index (χ1) is 12.5. The van der Waals surface area contributed by atoms with Gasteiger partial charge in [-0.2, -0.15) is 0 Å². The van der Waals surface area contributed by atoms with E-state index in [1.807, 2.05) is 6.92 Å². The molecule has 0 saturated carbocycles. The minimum atomic E-state index is -0.969. The van der Waals surface area contributed by atoms with Crippen LogP contribution in [0, 0.1) is 0 Å². The van der Waals surface area contributed by atoms with Crippen LogP contribution in [0.4, 0.5) is 5.69 Å². The van der Waals surface area contributed by atoms with Crippen molar-refractivity contribution in [3.8, 4) is 11.5 Å². The smallest absolute Gasteiger partial charge is 0.344 e. The van der Waals surface area contributed by atoms with E-state index in [0.717, 1.165) is 0 Å². The van der Waals surface area contributed by atoms with Crippen LogP contribution in [-0.2, 0) is 14.3 Å². The maximum atomic E-state index is 12.1. The maximum absolute atomic E-state index is 12.1. The summed E-state index contributed by atoms with van der Waals surface area (Å²) in [5.41, 5.74) is 0.559. The fourth-order valence-electron chi connectivity index (χ4n) is 2.04. The van der Waals surface area contributed by atoms with Gasteiger partial charge in [-0.1, -0.05) is 23.7 Å². The summed E-state index contributed by atoms with van der Waals surface area (Å²) in [4.78, 5) is 24.0. The molecule has 1 amide bonds. The summed E-state index contributed by atoms with van der Waals surface area (Å²) < 4.78 is 15.9. The minimum Gasteiger partial charge on any atom is -0.490 e. The van der Waals surface area contributed by atoms with Gasteiger partial charge in [0.15, 0.2) is 24.2 Å². The minimum absolute atomic E-state index is 0.331. The Balaban J connectivity index is 1.83. The average Bonchev–Trinajstić information content (AvgIpc) is 2.63. The number of hydrogen-bond acceptors (Lipinski definition) is 5. The molecule has 0 spiro atoms. The molecular weight excluding hydrogens is 358 g/mol. The Kier molecular flexibility index (Phi) is 7.29. The van der Waals surface area contributed by atoms with Crippen molar-refractivity contribution in [3.05, 3.63) is 53.6 Å². The Morgan fingerprint density at radius 3 is 2.27 bits per heavy atom. The highest BCUT2D eigenvalue weighted by Crippen LogP contribution is 2.26. The van der Waals surface area contributed by atoms with Gasteiger partial charge in [0.2, 0.25) is 0 Å². The normalized spacial score (nSPS) is 11.3. The summed E-state index contributed by atoms with van der Waals surface area (Å²) in [5.74, 6) is -0.133. The standard InChI is InChI=1S/C19H20ClNO5/c1-3-24-16-6-4-5-7-17(16)25-12-18(22)26-13(2)19(23)21-15-10-8-14(20)9-11-15/h4-11,13H,3,12H2,1-2H3,(H,21,23)/t13-/m1/s1. The summed E-state index contributed by atoms with van der Waals surface area (Å²) in [7, 11) is 0. The molecule has 0 fully saturated rings. The molecule has 7 heteroatoms. The van der Waals surface area contributed by atoms with Crippen molar-refractivity contribution in [2.45, 2.75) is 20.0 Å². The van der Waals surface area contributed by atoms with Crippen LogP contribution < -0.4 is 14.8 Å². The van der Waals surface area contributed by atoms with Crippen LogP contribution in [-0.4, -0.2) is 31.2 Å². The first kappa shape index (κ1) is 19.6. The summed E-state index contributed by atoms with van der Waals surface area (Å²) in [6, 6.07) is 13.6. The first-order valence-corrected chi connectivity index (χ1v) is 8.48. The van der Waals surface area contributed by atoms with Crippen molar-refractivity contribution < 1.29 is 23.8 Å². The highest BCUT2D eigenvalue weighted by atomic mass is 35.5. The number of ether oxygens (including phenoxy) is 3. The van der Waals surface area contributed by atoms with E-state index in [0.29, 0.717) is 28.8 Å². The molecule has 0 aliphatic heterocycles. The van der Waals surface area contributed by atoms with Crippen LogP contribution in [0.5, 0.6) is 11.5 Å². The van der Waals surface area contributed by atoms with Crippen molar-refractivity contribution in [2.75, 3.05) is 18.5 Å². The highest BCUT2D eigenvalue weighted by Gasteiger charge is 2.18. The van der Waals surface area contributed by atoms with E-state index in [-0.39, 0.29) is 6.61 Å². The van der Waals surface area contributed by atoms with Crippen LogP contribution in [0.1, 0.15) is 13.8 Å². The number of para-hydroxylation sites is 2. The summed E-state index contributed by atoms with van der Waals surface area (Å²) in [6.45, 7) is 3.48. The number of amides is 1. The van der Waals surface area contributed by atoms with Gasteiger partial charge in [-0.3, -0.25) is 4.79 Å². The zero-order chi connectivity index (χ0) is 18.9. The predicted octanol–water partition coefficient (Wildman–Crippen LogP) is 3.69. The Morgan fingerprint density at radius 2 is 1.65 bits per heavy atom. The molecule has 2 rings (SSSR count). The van der Waals surface area contributed by atoms with E-state index < -0.39 is 18.0 Å². The number of halogens is 1. The Labute approximate surface area is 157 Å². The topological polar surface area (TPSA) is 73.9 Å². The third-order valence-electron chi connectivity index (χ3n) is 3.28. The number of carbonyl (C=O) groups excluding carboxylic acids is 2. The second kappa shape index (κ2) is 9.68. The number of hydrogen-bond donors (Lipinski definition) is 1. The highest BCUT2D eigenvalue weighted by molar-refractivity contribution is 6.30. The molecule has 6 nitrogen and oxygen atoms in total. The lowest BCUT2D eigenvalue weighted by atomic mass is 10.3. The molecular formula is C19H20ClNO5. The molecule has 0 radical (unpaired) electrons. The SMILES string of the molecule is CCOc1ccccc1OCC(=O)O[C@H](C)C(=O)Nc1ccc(Cl)cc1. The lowest BCUT2D eigenvalue weighted by molar-refractivity contribution is -0.155. The molecule has 0 aliphatic rings. The van der Waals surface area contributed by atoms with Gasteiger partial charge in [0, 0.05) is 10.7 Å². The second-order valence-electron chi connectivity index (χ2n) is 5.30. The summed E-state index contributed by atoms with van der Waals surface area (Å²) in [6.07, 6.45) is -0.969. The number of nitrogens with one attached hydrogen (secondary N) is 1. The second-order valence-corrected chi connectivity index (χ2v) is 5.73. The lowest BCUT2D eigenvalue weighted by Gasteiger charge is -2.15. The quantitative estimate of drug-likeness (QED) is 0.710. The number of esters is 1. The molecule has 0 aromatic heterocycles. The molecule has 0 heterocycles. The fourth-order valence-corrected chi connectivity index (χ4v) is 2.17. The van der Waals surface area contributed by atoms with Crippen LogP contribution in [0.3, 0.4) is 0 Å². The number of rotatable bonds is 8. The molecule has 2 aromatic carbocycles. The fraction of sp³-hybridized carbons (Fsp3) is 0.263. The molecule has 26 heavy (non-hydrogen) atoms. The van der Waals surface area contributed by atoms with Gasteiger partial charge in [0.05, 0.1) is 6.61 Å². The van der Waals surface area contributed by atoms with Gasteiger partial charge < -0.3 is 19.5 Å². The van der Waals surface area contributed by atoms with Crippen molar-refractivity contribution in [2.24, 2.45) is 0 Å². The van der Waals surface area contributed by atoms with Crippen LogP contribution >= 0.6 is 11.6 Å². The third kappa shape index (κ3) is 5.97. The molecule has 0 unspecified atom stereocenters. The molecule has 0 aliphatic carbocycles. The molecule has 1 atom stereocenters. The average molecular weight is 378 g/mol. The van der Waals surface area contributed by atoms with Crippen LogP contribution in [0.25, 0.3) is 0 Å². The summed E-state index contributed by atoms with van der Waals surface area (Å²) in [5, 5.41) is 3.20. The number of carbonyl (C=O) groups is 2. The monoisotopic (exact) mass is 377 g/mol. The first-order valence-electron chi connectivity index (χ1n) is 8.10. The van der Waals surface area contributed by atoms with Gasteiger partial charge in [0.25, 0.3) is 5.91 Å². The molecule has 2 aromatic rings. The molecule has 0 saturated heterocycles. The number of benzene rings is 2. The van der Waals surface area contributed by atoms with Gasteiger partial charge >= 0.3 is 5.97 Å². The third-order valence-corrected chi connectivity index (χ3v) is 3.54. The van der Waals surface area contributed by atoms with E-state index in [1.54, 1.807) is 48.5 Å². The van der Waals surface area contributed by atoms with Crippen molar-refractivity contribution in [1.29, 1.82) is 0 Å². The van der Waals surface area contributed by atoms with Crippen LogP contribution in [0.15, 0.2) is 48.5 Å². The zero-order valence-corrected chi connectivity index (χ0v) is 15.3. The van der Waals surface area contributed by atoms with E-state index >= 15 is 0 Å². The Hall–Kier alpha value is -2.73. The van der Waals surface area contributed by atoms with Crippen LogP contribution in [0.2, 0.25) is 5.02 Å². The van der Waals surface area contributed by atoms with E-state index in [2.05, 4.69) is 5.32 Å². The van der Waals surface area contributed by atoms with Gasteiger partial charge in [-0.25, -0.2) is 4.79 Å². The van der Waals surface area contributed by atoms with Gasteiger partial charge in [-0.05, 0) is 50.2 Å². The summed E-state index contributed by atoms with van der Waals surface area (Å²) >= 11 is 5.79. The van der Waals surface area contributed by atoms with Gasteiger partial charge in [-0.15, -0.1) is 0 Å². The van der Waals surface area contributed by atoms with Crippen molar-refractivity contribution >= 4 is 29.2 Å². The number of anilines is 1. The van der Waals surface area contributed by atoms with Gasteiger partial charge in [0.1, 0.15) is 0 Å². The lowest BCUT2D eigenvalue weighted by Crippen LogP contribution is -2.31. The van der Waals surface area contributed by atoms with E-state index in [9.17, 15) is 9.59 Å². The Morgan fingerprint density at radius 1 is 1.04 bits per heavy atom. The molecule has 0 bridgehead atoms. The maximum Gasteiger partial charge on any atom is 0.344 e. The van der Waals surface area contributed by atoms with Crippen molar-refractivity contribution in [3.63, 3.8) is 0 Å². The van der Waals surface area contributed by atoms with E-state index in [4.69, 9.17) is 25.8 Å².